The predicted molar refractivity (Wildman–Crippen MR) is 100 cm³/mol. The molecule has 152 valence electrons. The lowest BCUT2D eigenvalue weighted by molar-refractivity contribution is -0.146. The van der Waals surface area contributed by atoms with Gasteiger partial charge >= 0.3 is 6.18 Å². The molecule has 1 N–H and O–H groups in total. The van der Waals surface area contributed by atoms with Gasteiger partial charge in [0, 0.05) is 32.7 Å². The summed E-state index contributed by atoms with van der Waals surface area (Å²) in [6, 6.07) is 0. The quantitative estimate of drug-likeness (QED) is 0.542. The monoisotopic (exact) mass is 376 g/mol. The number of guanidine groups is 1. The van der Waals surface area contributed by atoms with Crippen LogP contribution in [-0.4, -0.2) is 67.7 Å². The fourth-order valence-electron chi connectivity index (χ4n) is 4.18. The maximum Gasteiger partial charge on any atom is 0.401 e. The number of nitrogens with one attached hydrogen (secondary N) is 1. The first kappa shape index (κ1) is 21.3. The fourth-order valence-corrected chi connectivity index (χ4v) is 4.18. The number of nitrogens with zero attached hydrogens (tertiary/aromatic N) is 3. The highest BCUT2D eigenvalue weighted by atomic mass is 19.4. The molecule has 1 heterocycles. The van der Waals surface area contributed by atoms with Gasteiger partial charge in [0.1, 0.15) is 0 Å². The highest BCUT2D eigenvalue weighted by Crippen LogP contribution is 2.37. The van der Waals surface area contributed by atoms with Crippen LogP contribution in [0, 0.1) is 11.3 Å². The zero-order valence-electron chi connectivity index (χ0n) is 16.5. The predicted octanol–water partition coefficient (Wildman–Crippen LogP) is 3.74. The second-order valence-electron chi connectivity index (χ2n) is 8.23. The van der Waals surface area contributed by atoms with Gasteiger partial charge in [-0.3, -0.25) is 9.89 Å². The van der Waals surface area contributed by atoms with Gasteiger partial charge in [-0.2, -0.15) is 13.2 Å². The van der Waals surface area contributed by atoms with E-state index < -0.39 is 12.7 Å². The van der Waals surface area contributed by atoms with Crippen molar-refractivity contribution in [3.05, 3.63) is 0 Å². The Morgan fingerprint density at radius 1 is 1.27 bits per heavy atom. The van der Waals surface area contributed by atoms with E-state index in [4.69, 9.17) is 4.99 Å². The second-order valence-corrected chi connectivity index (χ2v) is 8.23. The summed E-state index contributed by atoms with van der Waals surface area (Å²) in [5, 5.41) is 3.37. The summed E-state index contributed by atoms with van der Waals surface area (Å²) >= 11 is 0. The van der Waals surface area contributed by atoms with Gasteiger partial charge in [0.2, 0.25) is 0 Å². The van der Waals surface area contributed by atoms with E-state index in [0.29, 0.717) is 18.5 Å². The second kappa shape index (κ2) is 9.29. The third-order valence-electron chi connectivity index (χ3n) is 5.71. The van der Waals surface area contributed by atoms with Crippen LogP contribution in [0.15, 0.2) is 4.99 Å². The van der Waals surface area contributed by atoms with Gasteiger partial charge in [0.15, 0.2) is 5.96 Å². The topological polar surface area (TPSA) is 30.9 Å². The van der Waals surface area contributed by atoms with Crippen LogP contribution in [0.4, 0.5) is 13.2 Å². The van der Waals surface area contributed by atoms with Gasteiger partial charge in [-0.25, -0.2) is 0 Å². The molecule has 7 heteroatoms. The van der Waals surface area contributed by atoms with Crippen molar-refractivity contribution >= 4 is 5.96 Å². The van der Waals surface area contributed by atoms with E-state index >= 15 is 0 Å². The minimum absolute atomic E-state index is 0.267. The Morgan fingerprint density at radius 3 is 2.54 bits per heavy atom. The van der Waals surface area contributed by atoms with E-state index in [0.717, 1.165) is 38.6 Å². The lowest BCUT2D eigenvalue weighted by Gasteiger charge is -2.27. The zero-order valence-corrected chi connectivity index (χ0v) is 16.5. The van der Waals surface area contributed by atoms with Crippen molar-refractivity contribution in [2.24, 2.45) is 16.3 Å². The van der Waals surface area contributed by atoms with Crippen LogP contribution in [0.2, 0.25) is 0 Å². The molecule has 0 amide bonds. The average molecular weight is 377 g/mol. The maximum atomic E-state index is 12.7. The Bertz CT molecular complexity index is 458. The summed E-state index contributed by atoms with van der Waals surface area (Å²) in [6.45, 7) is 9.61. The average Bonchev–Trinajstić information content (AvgIpc) is 3.19. The van der Waals surface area contributed by atoms with Crippen molar-refractivity contribution in [3.63, 3.8) is 0 Å². The van der Waals surface area contributed by atoms with Crippen molar-refractivity contribution in [3.8, 4) is 0 Å². The number of likely N-dealkylation sites (tertiary alicyclic amines) is 1. The molecular weight excluding hydrogens is 341 g/mol. The summed E-state index contributed by atoms with van der Waals surface area (Å²) in [6.07, 6.45) is 1.86. The summed E-state index contributed by atoms with van der Waals surface area (Å²) in [5.74, 6) is 1.20. The molecule has 0 aromatic rings. The van der Waals surface area contributed by atoms with Crippen LogP contribution in [0.25, 0.3) is 0 Å². The van der Waals surface area contributed by atoms with Crippen molar-refractivity contribution in [1.29, 1.82) is 0 Å². The molecule has 2 rings (SSSR count). The van der Waals surface area contributed by atoms with Gasteiger partial charge in [0.25, 0.3) is 0 Å². The molecule has 0 aromatic carbocycles. The SMILES string of the molecule is CCNC(=NCC1(C)CCCC1)N1CCC(CN(CC)CC(F)(F)F)C1. The number of aliphatic imine (C=N–C) groups is 1. The van der Waals surface area contributed by atoms with Crippen molar-refractivity contribution < 1.29 is 13.2 Å². The number of halogens is 3. The third-order valence-corrected chi connectivity index (χ3v) is 5.71. The Balaban J connectivity index is 1.90. The number of alkyl halides is 3. The van der Waals surface area contributed by atoms with Crippen molar-refractivity contribution in [2.75, 3.05) is 45.8 Å². The molecule has 0 aromatic heterocycles. The van der Waals surface area contributed by atoms with E-state index in [2.05, 4.69) is 24.1 Å². The molecule has 0 spiro atoms. The minimum atomic E-state index is -4.12. The Hall–Kier alpha value is -0.980. The molecule has 1 atom stereocenters. The maximum absolute atomic E-state index is 12.7. The van der Waals surface area contributed by atoms with Crippen LogP contribution in [-0.2, 0) is 0 Å². The normalized spacial score (nSPS) is 23.9. The number of hydrogen-bond acceptors (Lipinski definition) is 2. The van der Waals surface area contributed by atoms with Gasteiger partial charge in [0.05, 0.1) is 6.54 Å². The molecule has 26 heavy (non-hydrogen) atoms. The van der Waals surface area contributed by atoms with Crippen LogP contribution in [0.1, 0.15) is 52.9 Å². The van der Waals surface area contributed by atoms with E-state index in [1.165, 1.54) is 30.6 Å². The summed E-state index contributed by atoms with van der Waals surface area (Å²) in [5.41, 5.74) is 0.311. The van der Waals surface area contributed by atoms with E-state index in [1.54, 1.807) is 6.92 Å². The number of rotatable bonds is 7. The Kier molecular flexibility index (Phi) is 7.62. The van der Waals surface area contributed by atoms with E-state index in [-0.39, 0.29) is 5.92 Å². The van der Waals surface area contributed by atoms with Gasteiger partial charge in [-0.05, 0) is 44.1 Å². The molecule has 1 saturated carbocycles. The fraction of sp³-hybridized carbons (Fsp3) is 0.947. The summed E-state index contributed by atoms with van der Waals surface area (Å²) in [4.78, 5) is 8.62. The van der Waals surface area contributed by atoms with Crippen LogP contribution >= 0.6 is 0 Å². The van der Waals surface area contributed by atoms with Crippen LogP contribution < -0.4 is 5.32 Å². The zero-order chi connectivity index (χ0) is 19.2. The summed E-state index contributed by atoms with van der Waals surface area (Å²) < 4.78 is 38.0. The first-order chi connectivity index (χ1) is 12.2. The minimum Gasteiger partial charge on any atom is -0.357 e. The van der Waals surface area contributed by atoms with Gasteiger partial charge in [-0.15, -0.1) is 0 Å². The molecule has 1 aliphatic heterocycles. The van der Waals surface area contributed by atoms with Crippen LogP contribution in [0.5, 0.6) is 0 Å². The lowest BCUT2D eigenvalue weighted by atomic mass is 9.89. The molecule has 1 unspecified atom stereocenters. The molecule has 2 fully saturated rings. The van der Waals surface area contributed by atoms with Gasteiger partial charge in [-0.1, -0.05) is 26.7 Å². The summed E-state index contributed by atoms with van der Waals surface area (Å²) in [7, 11) is 0. The standard InChI is InChI=1S/C19H35F3N4/c1-4-23-17(24-14-18(3)9-6-7-10-18)26-11-8-16(13-26)12-25(5-2)15-19(20,21)22/h16H,4-15H2,1-3H3,(H,23,24). The van der Waals surface area contributed by atoms with Crippen LogP contribution in [0.3, 0.4) is 0 Å². The largest absolute Gasteiger partial charge is 0.401 e. The molecule has 4 nitrogen and oxygen atoms in total. The first-order valence-corrected chi connectivity index (χ1v) is 10.1. The first-order valence-electron chi connectivity index (χ1n) is 10.1. The molecule has 0 bridgehead atoms. The highest BCUT2D eigenvalue weighted by Gasteiger charge is 2.33. The molecule has 1 aliphatic carbocycles. The highest BCUT2D eigenvalue weighted by molar-refractivity contribution is 5.80. The molecule has 2 aliphatic rings. The Morgan fingerprint density at radius 2 is 1.96 bits per heavy atom. The van der Waals surface area contributed by atoms with Crippen molar-refractivity contribution in [1.82, 2.24) is 15.1 Å². The van der Waals surface area contributed by atoms with Crippen molar-refractivity contribution in [2.45, 2.75) is 59.1 Å². The third kappa shape index (κ3) is 6.63. The molecular formula is C19H35F3N4. The Labute approximate surface area is 156 Å². The smallest absolute Gasteiger partial charge is 0.357 e. The van der Waals surface area contributed by atoms with Gasteiger partial charge < -0.3 is 10.2 Å². The lowest BCUT2D eigenvalue weighted by Crippen LogP contribution is -2.42. The van der Waals surface area contributed by atoms with E-state index in [1.807, 2.05) is 0 Å². The molecule has 1 saturated heterocycles. The molecule has 0 radical (unpaired) electrons. The number of hydrogen-bond donors (Lipinski definition) is 1. The van der Waals surface area contributed by atoms with E-state index in [9.17, 15) is 13.2 Å².